The maximum absolute atomic E-state index is 14.3. The molecule has 0 saturated carbocycles. The zero-order chi connectivity index (χ0) is 22.7. The monoisotopic (exact) mass is 456 g/mol. The van der Waals surface area contributed by atoms with Gasteiger partial charge in [-0.3, -0.25) is 5.43 Å². The number of nitrogens with zero attached hydrogens (tertiary/aromatic N) is 5. The highest BCUT2D eigenvalue weighted by atomic mass is 35.5. The Bertz CT molecular complexity index is 1260. The Morgan fingerprint density at radius 3 is 2.44 bits per heavy atom. The number of halogens is 2. The van der Waals surface area contributed by atoms with Crippen LogP contribution in [0, 0.1) is 5.82 Å². The number of aromatic nitrogens is 4. The van der Waals surface area contributed by atoms with E-state index in [-0.39, 0.29) is 16.4 Å². The van der Waals surface area contributed by atoms with Gasteiger partial charge in [-0.05, 0) is 36.4 Å². The Kier molecular flexibility index (Phi) is 6.04. The van der Waals surface area contributed by atoms with Crippen molar-refractivity contribution in [2.45, 2.75) is 0 Å². The molecule has 0 amide bonds. The number of rotatable bonds is 7. The van der Waals surface area contributed by atoms with Gasteiger partial charge in [-0.1, -0.05) is 17.7 Å². The second-order valence-electron chi connectivity index (χ2n) is 6.44. The maximum atomic E-state index is 14.3. The summed E-state index contributed by atoms with van der Waals surface area (Å²) in [6, 6.07) is 11.2. The average molecular weight is 457 g/mol. The Morgan fingerprint density at radius 1 is 1.03 bits per heavy atom. The average Bonchev–Trinajstić information content (AvgIpc) is 3.21. The van der Waals surface area contributed by atoms with Crippen LogP contribution in [0.5, 0.6) is 17.2 Å². The SMILES string of the molecule is COc1cc(/C=N/Nc2ccc3nnc(-c4c(F)cccc4Cl)n3n2)cc(OC)c1OC. The van der Waals surface area contributed by atoms with E-state index < -0.39 is 5.82 Å². The molecule has 0 aliphatic heterocycles. The number of hydrogen-bond acceptors (Lipinski definition) is 8. The Morgan fingerprint density at radius 2 is 1.78 bits per heavy atom. The molecular weight excluding hydrogens is 439 g/mol. The van der Waals surface area contributed by atoms with Crippen molar-refractivity contribution in [2.24, 2.45) is 5.10 Å². The molecule has 0 radical (unpaired) electrons. The fraction of sp³-hybridized carbons (Fsp3) is 0.143. The van der Waals surface area contributed by atoms with Crippen molar-refractivity contribution >= 4 is 29.3 Å². The molecule has 2 heterocycles. The number of anilines is 1. The Labute approximate surface area is 187 Å². The summed E-state index contributed by atoms with van der Waals surface area (Å²) < 4.78 is 31.7. The van der Waals surface area contributed by atoms with Crippen LogP contribution in [0.2, 0.25) is 5.02 Å². The van der Waals surface area contributed by atoms with Crippen molar-refractivity contribution in [3.63, 3.8) is 0 Å². The van der Waals surface area contributed by atoms with Crippen LogP contribution in [0.15, 0.2) is 47.6 Å². The molecule has 0 bridgehead atoms. The number of hydrogen-bond donors (Lipinski definition) is 1. The van der Waals surface area contributed by atoms with Crippen molar-refractivity contribution in [1.29, 1.82) is 0 Å². The molecule has 0 atom stereocenters. The summed E-state index contributed by atoms with van der Waals surface area (Å²) in [5, 5.41) is 16.9. The van der Waals surface area contributed by atoms with Gasteiger partial charge >= 0.3 is 0 Å². The number of methoxy groups -OCH3 is 3. The molecule has 0 spiro atoms. The van der Waals surface area contributed by atoms with Crippen LogP contribution in [-0.2, 0) is 0 Å². The van der Waals surface area contributed by atoms with Crippen LogP contribution in [0.3, 0.4) is 0 Å². The van der Waals surface area contributed by atoms with Gasteiger partial charge < -0.3 is 14.2 Å². The van der Waals surface area contributed by atoms with Crippen LogP contribution in [0.4, 0.5) is 10.2 Å². The van der Waals surface area contributed by atoms with Gasteiger partial charge in [0.05, 0.1) is 38.1 Å². The lowest BCUT2D eigenvalue weighted by Crippen LogP contribution is -2.02. The molecule has 0 aliphatic rings. The van der Waals surface area contributed by atoms with Gasteiger partial charge in [0, 0.05) is 5.56 Å². The highest BCUT2D eigenvalue weighted by Crippen LogP contribution is 2.37. The summed E-state index contributed by atoms with van der Waals surface area (Å²) in [4.78, 5) is 0. The molecule has 11 heteroatoms. The highest BCUT2D eigenvalue weighted by molar-refractivity contribution is 6.33. The van der Waals surface area contributed by atoms with Gasteiger partial charge in [0.1, 0.15) is 5.82 Å². The van der Waals surface area contributed by atoms with E-state index in [2.05, 4.69) is 25.8 Å². The first-order valence-electron chi connectivity index (χ1n) is 9.31. The lowest BCUT2D eigenvalue weighted by molar-refractivity contribution is 0.324. The molecule has 1 N–H and O–H groups in total. The first kappa shape index (κ1) is 21.3. The van der Waals surface area contributed by atoms with Gasteiger partial charge in [0.15, 0.2) is 28.8 Å². The van der Waals surface area contributed by atoms with Crippen molar-refractivity contribution in [3.05, 3.63) is 58.9 Å². The van der Waals surface area contributed by atoms with Gasteiger partial charge in [-0.25, -0.2) is 4.39 Å². The first-order chi connectivity index (χ1) is 15.5. The molecular formula is C21H18ClFN6O3. The second kappa shape index (κ2) is 9.06. The summed E-state index contributed by atoms with van der Waals surface area (Å²) in [6.07, 6.45) is 1.57. The number of fused-ring (bicyclic) bond motifs is 1. The van der Waals surface area contributed by atoms with Crippen LogP contribution in [-0.4, -0.2) is 47.4 Å². The molecule has 0 saturated heterocycles. The van der Waals surface area contributed by atoms with Gasteiger partial charge in [-0.2, -0.15) is 9.62 Å². The normalized spacial score (nSPS) is 11.2. The summed E-state index contributed by atoms with van der Waals surface area (Å²) in [5.41, 5.74) is 4.08. The van der Waals surface area contributed by atoms with E-state index >= 15 is 0 Å². The summed E-state index contributed by atoms with van der Waals surface area (Å²) in [5.74, 6) is 1.54. The quantitative estimate of drug-likeness (QED) is 0.331. The standard InChI is InChI=1S/C21H18ClFN6O3/c1-30-15-9-12(10-16(31-2)20(15)32-3)11-24-25-17-7-8-18-26-27-21(29(18)28-17)19-13(22)5-4-6-14(19)23/h4-11H,1-3H3,(H,25,28)/b24-11+. The molecule has 2 aromatic heterocycles. The highest BCUT2D eigenvalue weighted by Gasteiger charge is 2.17. The van der Waals surface area contributed by atoms with Crippen LogP contribution >= 0.6 is 11.6 Å². The van der Waals surface area contributed by atoms with E-state index in [0.717, 1.165) is 0 Å². The number of ether oxygens (including phenoxy) is 3. The molecule has 4 rings (SSSR count). The van der Waals surface area contributed by atoms with E-state index in [0.29, 0.717) is 34.3 Å². The fourth-order valence-corrected chi connectivity index (χ4v) is 3.31. The van der Waals surface area contributed by atoms with Crippen molar-refractivity contribution < 1.29 is 18.6 Å². The summed E-state index contributed by atoms with van der Waals surface area (Å²) >= 11 is 6.17. The van der Waals surface area contributed by atoms with Crippen molar-refractivity contribution in [2.75, 3.05) is 26.8 Å². The molecule has 0 unspecified atom stereocenters. The van der Waals surface area contributed by atoms with E-state index in [4.69, 9.17) is 25.8 Å². The first-order valence-corrected chi connectivity index (χ1v) is 9.69. The second-order valence-corrected chi connectivity index (χ2v) is 6.84. The third-order valence-electron chi connectivity index (χ3n) is 4.53. The number of hydrazone groups is 1. The minimum atomic E-state index is -0.521. The Balaban J connectivity index is 1.63. The smallest absolute Gasteiger partial charge is 0.203 e. The molecule has 0 fully saturated rings. The lowest BCUT2D eigenvalue weighted by atomic mass is 10.2. The minimum absolute atomic E-state index is 0.118. The van der Waals surface area contributed by atoms with Crippen molar-refractivity contribution in [1.82, 2.24) is 19.8 Å². The van der Waals surface area contributed by atoms with E-state index in [1.165, 1.54) is 38.0 Å². The number of benzene rings is 2. The third-order valence-corrected chi connectivity index (χ3v) is 4.84. The van der Waals surface area contributed by atoms with E-state index in [9.17, 15) is 4.39 Å². The predicted molar refractivity (Wildman–Crippen MR) is 119 cm³/mol. The number of nitrogens with one attached hydrogen (secondary N) is 1. The van der Waals surface area contributed by atoms with Gasteiger partial charge in [-0.15, -0.1) is 15.3 Å². The van der Waals surface area contributed by atoms with Crippen LogP contribution < -0.4 is 19.6 Å². The fourth-order valence-electron chi connectivity index (χ4n) is 3.06. The molecule has 0 aliphatic carbocycles. The maximum Gasteiger partial charge on any atom is 0.203 e. The minimum Gasteiger partial charge on any atom is -0.493 e. The van der Waals surface area contributed by atoms with Crippen molar-refractivity contribution in [3.8, 4) is 28.6 Å². The third kappa shape index (κ3) is 4.00. The largest absolute Gasteiger partial charge is 0.493 e. The Hall–Kier alpha value is -3.92. The van der Waals surface area contributed by atoms with Gasteiger partial charge in [0.25, 0.3) is 0 Å². The van der Waals surface area contributed by atoms with E-state index in [1.54, 1.807) is 36.5 Å². The molecule has 32 heavy (non-hydrogen) atoms. The van der Waals surface area contributed by atoms with E-state index in [1.807, 2.05) is 0 Å². The zero-order valence-electron chi connectivity index (χ0n) is 17.3. The molecule has 9 nitrogen and oxygen atoms in total. The topological polar surface area (TPSA) is 95.2 Å². The molecule has 4 aromatic rings. The zero-order valence-corrected chi connectivity index (χ0v) is 18.1. The predicted octanol–water partition coefficient (Wildman–Crippen LogP) is 4.06. The molecule has 164 valence electrons. The summed E-state index contributed by atoms with van der Waals surface area (Å²) in [7, 11) is 4.60. The van der Waals surface area contributed by atoms with Crippen LogP contribution in [0.25, 0.3) is 17.0 Å². The summed E-state index contributed by atoms with van der Waals surface area (Å²) in [6.45, 7) is 0. The van der Waals surface area contributed by atoms with Crippen LogP contribution in [0.1, 0.15) is 5.56 Å². The van der Waals surface area contributed by atoms with Gasteiger partial charge in [0.2, 0.25) is 5.75 Å². The lowest BCUT2D eigenvalue weighted by Gasteiger charge is -2.12. The molecule has 2 aromatic carbocycles.